The Kier molecular flexibility index (Phi) is 4.06. The fourth-order valence-corrected chi connectivity index (χ4v) is 2.54. The van der Waals surface area contributed by atoms with E-state index in [1.54, 1.807) is 19.1 Å². The van der Waals surface area contributed by atoms with E-state index in [4.69, 9.17) is 5.73 Å². The van der Waals surface area contributed by atoms with E-state index in [1.807, 2.05) is 6.92 Å². The van der Waals surface area contributed by atoms with Gasteiger partial charge in [0.1, 0.15) is 5.82 Å². The minimum Gasteiger partial charge on any atom is -0.324 e. The minimum atomic E-state index is -0.363. The van der Waals surface area contributed by atoms with Gasteiger partial charge in [0.05, 0.1) is 4.90 Å². The van der Waals surface area contributed by atoms with E-state index < -0.39 is 0 Å². The van der Waals surface area contributed by atoms with Gasteiger partial charge in [-0.3, -0.25) is 4.57 Å². The van der Waals surface area contributed by atoms with Gasteiger partial charge >= 0.3 is 5.69 Å². The van der Waals surface area contributed by atoms with Gasteiger partial charge in [0, 0.05) is 12.6 Å². The second-order valence-corrected chi connectivity index (χ2v) is 5.15. The van der Waals surface area contributed by atoms with Gasteiger partial charge in [-0.1, -0.05) is 6.07 Å². The molecule has 1 heterocycles. The number of aromatic amines is 1. The maximum atomic E-state index is 13.9. The van der Waals surface area contributed by atoms with Gasteiger partial charge in [-0.05, 0) is 43.3 Å². The summed E-state index contributed by atoms with van der Waals surface area (Å²) in [5.41, 5.74) is 6.14. The average Bonchev–Trinajstić information content (AvgIpc) is 2.72. The van der Waals surface area contributed by atoms with E-state index in [0.717, 1.165) is 17.3 Å². The molecule has 0 saturated heterocycles. The topological polar surface area (TPSA) is 76.7 Å². The van der Waals surface area contributed by atoms with Gasteiger partial charge in [-0.25, -0.2) is 14.3 Å². The fraction of sp³-hybridized carbons (Fsp3) is 0.333. The normalized spacial score (nSPS) is 12.6. The first-order chi connectivity index (χ1) is 9.02. The predicted molar refractivity (Wildman–Crippen MR) is 71.6 cm³/mol. The van der Waals surface area contributed by atoms with Gasteiger partial charge in [0.15, 0.2) is 5.16 Å². The summed E-state index contributed by atoms with van der Waals surface area (Å²) in [6.07, 6.45) is 0. The van der Waals surface area contributed by atoms with Crippen molar-refractivity contribution in [1.29, 1.82) is 0 Å². The summed E-state index contributed by atoms with van der Waals surface area (Å²) < 4.78 is 15.4. The lowest BCUT2D eigenvalue weighted by atomic mass is 10.1. The fourth-order valence-electron chi connectivity index (χ4n) is 1.64. The predicted octanol–water partition coefficient (Wildman–Crippen LogP) is 1.90. The largest absolute Gasteiger partial charge is 0.343 e. The molecular formula is C12H15FN4OS. The molecule has 0 aliphatic heterocycles. The third kappa shape index (κ3) is 2.87. The Labute approximate surface area is 114 Å². The highest BCUT2D eigenvalue weighted by Crippen LogP contribution is 2.29. The number of hydrogen-bond donors (Lipinski definition) is 2. The molecule has 7 heteroatoms. The number of aromatic nitrogens is 3. The molecule has 0 fully saturated rings. The zero-order chi connectivity index (χ0) is 14.0. The number of halogens is 1. The Bertz CT molecular complexity index is 635. The van der Waals surface area contributed by atoms with Crippen molar-refractivity contribution in [2.45, 2.75) is 36.5 Å². The van der Waals surface area contributed by atoms with E-state index in [0.29, 0.717) is 16.6 Å². The van der Waals surface area contributed by atoms with Crippen molar-refractivity contribution in [3.63, 3.8) is 0 Å². The molecule has 2 aromatic rings. The Balaban J connectivity index is 2.31. The first-order valence-electron chi connectivity index (χ1n) is 5.91. The van der Waals surface area contributed by atoms with Crippen LogP contribution < -0.4 is 11.4 Å². The minimum absolute atomic E-state index is 0.215. The van der Waals surface area contributed by atoms with E-state index in [2.05, 4.69) is 10.2 Å². The second-order valence-electron chi connectivity index (χ2n) is 4.14. The molecule has 0 aliphatic carbocycles. The van der Waals surface area contributed by atoms with Crippen LogP contribution >= 0.6 is 11.8 Å². The summed E-state index contributed by atoms with van der Waals surface area (Å²) in [7, 11) is 0. The molecule has 102 valence electrons. The summed E-state index contributed by atoms with van der Waals surface area (Å²) in [5, 5.41) is 6.67. The molecule has 5 nitrogen and oxygen atoms in total. The van der Waals surface area contributed by atoms with Crippen molar-refractivity contribution in [2.24, 2.45) is 5.73 Å². The number of nitrogens with zero attached hydrogens (tertiary/aromatic N) is 2. The summed E-state index contributed by atoms with van der Waals surface area (Å²) in [6, 6.07) is 4.62. The first-order valence-corrected chi connectivity index (χ1v) is 6.72. The zero-order valence-corrected chi connectivity index (χ0v) is 11.5. The summed E-state index contributed by atoms with van der Waals surface area (Å²) >= 11 is 1.11. The van der Waals surface area contributed by atoms with Crippen LogP contribution in [0.1, 0.15) is 25.5 Å². The number of hydrogen-bond acceptors (Lipinski definition) is 4. The molecule has 0 saturated carbocycles. The van der Waals surface area contributed by atoms with Crippen molar-refractivity contribution >= 4 is 11.8 Å². The highest BCUT2D eigenvalue weighted by Gasteiger charge is 2.12. The van der Waals surface area contributed by atoms with Crippen LogP contribution in [-0.4, -0.2) is 14.8 Å². The van der Waals surface area contributed by atoms with Crippen LogP contribution in [0.3, 0.4) is 0 Å². The Morgan fingerprint density at radius 2 is 2.32 bits per heavy atom. The molecule has 1 aromatic heterocycles. The highest BCUT2D eigenvalue weighted by atomic mass is 32.2. The van der Waals surface area contributed by atoms with Crippen molar-refractivity contribution in [3.05, 3.63) is 40.1 Å². The van der Waals surface area contributed by atoms with Crippen molar-refractivity contribution < 1.29 is 4.39 Å². The monoisotopic (exact) mass is 282 g/mol. The SMILES string of the molecule is CCn1c(Sc2ccc([C@H](C)N)cc2F)n[nH]c1=O. The second kappa shape index (κ2) is 5.58. The first kappa shape index (κ1) is 13.8. The lowest BCUT2D eigenvalue weighted by Gasteiger charge is -2.08. The Morgan fingerprint density at radius 1 is 1.58 bits per heavy atom. The summed E-state index contributed by atoms with van der Waals surface area (Å²) in [6.45, 7) is 4.11. The van der Waals surface area contributed by atoms with Crippen molar-refractivity contribution in [2.75, 3.05) is 0 Å². The number of nitrogens with one attached hydrogen (secondary N) is 1. The van der Waals surface area contributed by atoms with Gasteiger partial charge in [-0.15, -0.1) is 5.10 Å². The molecule has 0 bridgehead atoms. The molecule has 3 N–H and O–H groups in total. The maximum Gasteiger partial charge on any atom is 0.343 e. The quantitative estimate of drug-likeness (QED) is 0.898. The van der Waals surface area contributed by atoms with E-state index in [9.17, 15) is 9.18 Å². The molecule has 1 atom stereocenters. The van der Waals surface area contributed by atoms with Crippen molar-refractivity contribution in [1.82, 2.24) is 14.8 Å². The van der Waals surface area contributed by atoms with Crippen LogP contribution in [0.2, 0.25) is 0 Å². The van der Waals surface area contributed by atoms with Gasteiger partial charge in [0.2, 0.25) is 0 Å². The number of benzene rings is 1. The molecule has 1 aromatic carbocycles. The Hall–Kier alpha value is -1.60. The van der Waals surface area contributed by atoms with Crippen LogP contribution in [0.15, 0.2) is 33.0 Å². The Morgan fingerprint density at radius 3 is 2.89 bits per heavy atom. The van der Waals surface area contributed by atoms with Gasteiger partial charge in [-0.2, -0.15) is 0 Å². The van der Waals surface area contributed by atoms with Crippen LogP contribution in [0.5, 0.6) is 0 Å². The summed E-state index contributed by atoms with van der Waals surface area (Å²) in [5.74, 6) is -0.363. The zero-order valence-electron chi connectivity index (χ0n) is 10.7. The third-order valence-corrected chi connectivity index (χ3v) is 3.77. The lowest BCUT2D eigenvalue weighted by molar-refractivity contribution is 0.595. The maximum absolute atomic E-state index is 13.9. The molecule has 0 radical (unpaired) electrons. The van der Waals surface area contributed by atoms with Gasteiger partial charge in [0.25, 0.3) is 0 Å². The van der Waals surface area contributed by atoms with Crippen LogP contribution in [0.4, 0.5) is 4.39 Å². The molecular weight excluding hydrogens is 267 g/mol. The van der Waals surface area contributed by atoms with Gasteiger partial charge < -0.3 is 5.73 Å². The van der Waals surface area contributed by atoms with Crippen molar-refractivity contribution in [3.8, 4) is 0 Å². The number of nitrogens with two attached hydrogens (primary N) is 1. The molecule has 0 unspecified atom stereocenters. The van der Waals surface area contributed by atoms with E-state index in [-0.39, 0.29) is 17.5 Å². The number of rotatable bonds is 4. The van der Waals surface area contributed by atoms with E-state index >= 15 is 0 Å². The molecule has 0 spiro atoms. The van der Waals surface area contributed by atoms with Crippen LogP contribution in [-0.2, 0) is 6.54 Å². The lowest BCUT2D eigenvalue weighted by Crippen LogP contribution is -2.16. The third-order valence-electron chi connectivity index (χ3n) is 2.72. The average molecular weight is 282 g/mol. The smallest absolute Gasteiger partial charge is 0.324 e. The standard InChI is InChI=1S/C12H15FN4OS/c1-3-17-11(18)15-16-12(17)19-10-5-4-8(7(2)14)6-9(10)13/h4-7H,3,14H2,1-2H3,(H,15,18)/t7-/m0/s1. The van der Waals surface area contributed by atoms with Crippen LogP contribution in [0.25, 0.3) is 0 Å². The molecule has 19 heavy (non-hydrogen) atoms. The molecule has 0 amide bonds. The van der Waals surface area contributed by atoms with Crippen LogP contribution in [0, 0.1) is 5.82 Å². The van der Waals surface area contributed by atoms with E-state index in [1.165, 1.54) is 10.6 Å². The molecule has 0 aliphatic rings. The number of H-pyrrole nitrogens is 1. The highest BCUT2D eigenvalue weighted by molar-refractivity contribution is 7.99. The summed E-state index contributed by atoms with van der Waals surface area (Å²) in [4.78, 5) is 11.8. The molecule has 2 rings (SSSR count).